The van der Waals surface area contributed by atoms with Crippen LogP contribution in [0.1, 0.15) is 16.2 Å². The standard InChI is InChI=1S/C10H8BrN3O/c11-8-3-7(5-12-6-8)9(15)4-10-13-1-2-14-10/h1-3,5-6H,4H2,(H,13,14). The maximum absolute atomic E-state index is 11.7. The van der Waals surface area contributed by atoms with Crippen molar-refractivity contribution in [3.8, 4) is 0 Å². The Labute approximate surface area is 94.9 Å². The first-order valence-electron chi connectivity index (χ1n) is 4.38. The number of H-pyrrole nitrogens is 1. The van der Waals surface area contributed by atoms with Crippen LogP contribution in [0.15, 0.2) is 35.3 Å². The van der Waals surface area contributed by atoms with Crippen LogP contribution in [0.3, 0.4) is 0 Å². The maximum Gasteiger partial charge on any atom is 0.171 e. The van der Waals surface area contributed by atoms with Crippen LogP contribution >= 0.6 is 15.9 Å². The van der Waals surface area contributed by atoms with Gasteiger partial charge < -0.3 is 4.98 Å². The van der Waals surface area contributed by atoms with Crippen molar-refractivity contribution in [3.05, 3.63) is 46.7 Å². The summed E-state index contributed by atoms with van der Waals surface area (Å²) in [6.07, 6.45) is 6.79. The quantitative estimate of drug-likeness (QED) is 0.864. The van der Waals surface area contributed by atoms with Crippen molar-refractivity contribution in [2.45, 2.75) is 6.42 Å². The first-order chi connectivity index (χ1) is 7.25. The SMILES string of the molecule is O=C(Cc1ncc[nH]1)c1cncc(Br)c1. The van der Waals surface area contributed by atoms with E-state index in [4.69, 9.17) is 0 Å². The highest BCUT2D eigenvalue weighted by atomic mass is 79.9. The Bertz CT molecular complexity index is 467. The lowest BCUT2D eigenvalue weighted by atomic mass is 10.1. The van der Waals surface area contributed by atoms with E-state index in [1.807, 2.05) is 0 Å². The molecule has 1 N–H and O–H groups in total. The largest absolute Gasteiger partial charge is 0.348 e. The number of rotatable bonds is 3. The van der Waals surface area contributed by atoms with Crippen molar-refractivity contribution in [2.75, 3.05) is 0 Å². The van der Waals surface area contributed by atoms with Gasteiger partial charge in [-0.05, 0) is 22.0 Å². The Balaban J connectivity index is 2.15. The molecule has 0 spiro atoms. The van der Waals surface area contributed by atoms with Gasteiger partial charge in [-0.25, -0.2) is 4.98 Å². The first kappa shape index (κ1) is 10.0. The number of aromatic amines is 1. The number of carbonyl (C=O) groups is 1. The molecule has 2 heterocycles. The highest BCUT2D eigenvalue weighted by molar-refractivity contribution is 9.10. The molecule has 15 heavy (non-hydrogen) atoms. The second kappa shape index (κ2) is 4.35. The zero-order valence-corrected chi connectivity index (χ0v) is 9.36. The summed E-state index contributed by atoms with van der Waals surface area (Å²) in [5.74, 6) is 0.665. The van der Waals surface area contributed by atoms with Crippen molar-refractivity contribution in [1.82, 2.24) is 15.0 Å². The van der Waals surface area contributed by atoms with Crippen LogP contribution in [0, 0.1) is 0 Å². The molecule has 2 aromatic heterocycles. The number of nitrogens with zero attached hydrogens (tertiary/aromatic N) is 2. The van der Waals surface area contributed by atoms with Crippen molar-refractivity contribution >= 4 is 21.7 Å². The molecule has 0 atom stereocenters. The fourth-order valence-corrected chi connectivity index (χ4v) is 1.58. The highest BCUT2D eigenvalue weighted by Gasteiger charge is 2.08. The Kier molecular flexibility index (Phi) is 2.91. The third-order valence-corrected chi connectivity index (χ3v) is 2.34. The molecule has 0 aromatic carbocycles. The number of pyridine rings is 1. The third-order valence-electron chi connectivity index (χ3n) is 1.91. The summed E-state index contributed by atoms with van der Waals surface area (Å²) in [6, 6.07) is 1.75. The Morgan fingerprint density at radius 2 is 2.33 bits per heavy atom. The predicted molar refractivity (Wildman–Crippen MR) is 58.6 cm³/mol. The minimum Gasteiger partial charge on any atom is -0.348 e. The lowest BCUT2D eigenvalue weighted by Crippen LogP contribution is -2.05. The average Bonchev–Trinajstić information content (AvgIpc) is 2.70. The van der Waals surface area contributed by atoms with Crippen LogP contribution in [-0.2, 0) is 6.42 Å². The zero-order valence-electron chi connectivity index (χ0n) is 7.77. The summed E-state index contributed by atoms with van der Waals surface area (Å²) in [7, 11) is 0. The van der Waals surface area contributed by atoms with E-state index in [2.05, 4.69) is 30.9 Å². The van der Waals surface area contributed by atoms with Gasteiger partial charge in [0.15, 0.2) is 5.78 Å². The number of halogens is 1. The highest BCUT2D eigenvalue weighted by Crippen LogP contribution is 2.11. The molecule has 0 aliphatic carbocycles. The summed E-state index contributed by atoms with van der Waals surface area (Å²) >= 11 is 3.27. The van der Waals surface area contributed by atoms with E-state index >= 15 is 0 Å². The van der Waals surface area contributed by atoms with Crippen molar-refractivity contribution in [3.63, 3.8) is 0 Å². The molecule has 2 aromatic rings. The van der Waals surface area contributed by atoms with E-state index in [0.29, 0.717) is 11.4 Å². The molecule has 0 radical (unpaired) electrons. The first-order valence-corrected chi connectivity index (χ1v) is 5.17. The number of Topliss-reactive ketones (excluding diaryl/α,β-unsaturated/α-hetero) is 1. The molecule has 5 heteroatoms. The van der Waals surface area contributed by atoms with Crippen LogP contribution in [0.5, 0.6) is 0 Å². The molecule has 0 saturated carbocycles. The second-order valence-corrected chi connectivity index (χ2v) is 3.94. The van der Waals surface area contributed by atoms with Gasteiger partial charge in [0.1, 0.15) is 5.82 Å². The predicted octanol–water partition coefficient (Wildman–Crippen LogP) is 1.99. The molecule has 2 rings (SSSR count). The molecule has 0 saturated heterocycles. The van der Waals surface area contributed by atoms with Crippen LogP contribution in [0.4, 0.5) is 0 Å². The maximum atomic E-state index is 11.7. The minimum absolute atomic E-state index is 0.00116. The summed E-state index contributed by atoms with van der Waals surface area (Å²) in [5, 5.41) is 0. The molecule has 0 amide bonds. The van der Waals surface area contributed by atoms with Crippen molar-refractivity contribution in [1.29, 1.82) is 0 Å². The Hall–Kier alpha value is -1.49. The number of aromatic nitrogens is 3. The van der Waals surface area contributed by atoms with Gasteiger partial charge in [-0.2, -0.15) is 0 Å². The third kappa shape index (κ3) is 2.50. The average molecular weight is 266 g/mol. The van der Waals surface area contributed by atoms with Gasteiger partial charge in [0.25, 0.3) is 0 Å². The fourth-order valence-electron chi connectivity index (χ4n) is 1.21. The lowest BCUT2D eigenvalue weighted by Gasteiger charge is -1.98. The summed E-state index contributed by atoms with van der Waals surface area (Å²) in [6.45, 7) is 0. The molecule has 0 aliphatic rings. The molecular formula is C10H8BrN3O. The summed E-state index contributed by atoms with van der Waals surface area (Å²) < 4.78 is 0.799. The number of hydrogen-bond acceptors (Lipinski definition) is 3. The van der Waals surface area contributed by atoms with Gasteiger partial charge in [0, 0.05) is 34.8 Å². The lowest BCUT2D eigenvalue weighted by molar-refractivity contribution is 0.0990. The molecule has 0 unspecified atom stereocenters. The summed E-state index contributed by atoms with van der Waals surface area (Å²) in [4.78, 5) is 22.6. The molecular weight excluding hydrogens is 258 g/mol. The normalized spacial score (nSPS) is 10.2. The zero-order chi connectivity index (χ0) is 10.7. The van der Waals surface area contributed by atoms with E-state index in [9.17, 15) is 4.79 Å². The van der Waals surface area contributed by atoms with Gasteiger partial charge in [0.2, 0.25) is 0 Å². The molecule has 76 valence electrons. The minimum atomic E-state index is -0.00116. The molecule has 4 nitrogen and oxygen atoms in total. The van der Waals surface area contributed by atoms with E-state index in [1.54, 1.807) is 30.9 Å². The molecule has 0 fully saturated rings. The number of nitrogens with one attached hydrogen (secondary N) is 1. The Morgan fingerprint density at radius 1 is 1.47 bits per heavy atom. The second-order valence-electron chi connectivity index (χ2n) is 3.03. The van der Waals surface area contributed by atoms with E-state index in [0.717, 1.165) is 4.47 Å². The van der Waals surface area contributed by atoms with Crippen LogP contribution in [0.2, 0.25) is 0 Å². The van der Waals surface area contributed by atoms with Crippen LogP contribution < -0.4 is 0 Å². The van der Waals surface area contributed by atoms with Gasteiger partial charge in [-0.3, -0.25) is 9.78 Å². The van der Waals surface area contributed by atoms with E-state index in [-0.39, 0.29) is 12.2 Å². The van der Waals surface area contributed by atoms with Crippen molar-refractivity contribution < 1.29 is 4.79 Å². The number of hydrogen-bond donors (Lipinski definition) is 1. The topological polar surface area (TPSA) is 58.6 Å². The number of carbonyl (C=O) groups excluding carboxylic acids is 1. The number of imidazole rings is 1. The smallest absolute Gasteiger partial charge is 0.171 e. The fraction of sp³-hybridized carbons (Fsp3) is 0.100. The Morgan fingerprint density at radius 3 is 3.00 bits per heavy atom. The van der Waals surface area contributed by atoms with Gasteiger partial charge in [-0.1, -0.05) is 0 Å². The monoisotopic (exact) mass is 265 g/mol. The van der Waals surface area contributed by atoms with E-state index < -0.39 is 0 Å². The van der Waals surface area contributed by atoms with Crippen molar-refractivity contribution in [2.24, 2.45) is 0 Å². The van der Waals surface area contributed by atoms with Gasteiger partial charge in [-0.15, -0.1) is 0 Å². The molecule has 0 aliphatic heterocycles. The number of ketones is 1. The van der Waals surface area contributed by atoms with Gasteiger partial charge >= 0.3 is 0 Å². The van der Waals surface area contributed by atoms with Crippen LogP contribution in [-0.4, -0.2) is 20.7 Å². The van der Waals surface area contributed by atoms with E-state index in [1.165, 1.54) is 0 Å². The van der Waals surface area contributed by atoms with Crippen LogP contribution in [0.25, 0.3) is 0 Å². The summed E-state index contributed by atoms with van der Waals surface area (Å²) in [5.41, 5.74) is 0.584. The molecule has 0 bridgehead atoms. The van der Waals surface area contributed by atoms with Gasteiger partial charge in [0.05, 0.1) is 6.42 Å².